The van der Waals surface area contributed by atoms with Gasteiger partial charge >= 0.3 is 0 Å². The summed E-state index contributed by atoms with van der Waals surface area (Å²) in [6, 6.07) is 5.11. The van der Waals surface area contributed by atoms with Crippen molar-refractivity contribution in [2.45, 2.75) is 31.7 Å². The fourth-order valence-corrected chi connectivity index (χ4v) is 2.92. The van der Waals surface area contributed by atoms with E-state index in [0.29, 0.717) is 12.0 Å². The largest absolute Gasteiger partial charge is 0.507 e. The fourth-order valence-electron chi connectivity index (χ4n) is 2.57. The number of hydrogen-bond donors (Lipinski definition) is 2. The molecule has 1 amide bonds. The van der Waals surface area contributed by atoms with Crippen molar-refractivity contribution in [3.63, 3.8) is 0 Å². The average Bonchev–Trinajstić information content (AvgIpc) is 2.83. The Labute approximate surface area is 121 Å². The first kappa shape index (κ1) is 14.3. The zero-order valence-corrected chi connectivity index (χ0v) is 12.3. The molecule has 1 saturated heterocycles. The smallest absolute Gasteiger partial charge is 0.257 e. The van der Waals surface area contributed by atoms with Crippen LogP contribution in [0.5, 0.6) is 5.75 Å². The van der Waals surface area contributed by atoms with E-state index in [0.717, 1.165) is 30.3 Å². The van der Waals surface area contributed by atoms with Crippen LogP contribution in [-0.2, 0) is 0 Å². The molecule has 2 N–H and O–H groups in total. The zero-order valence-electron chi connectivity index (χ0n) is 10.7. The Kier molecular flexibility index (Phi) is 4.82. The first-order valence-corrected chi connectivity index (χ1v) is 7.33. The van der Waals surface area contributed by atoms with Gasteiger partial charge < -0.3 is 15.1 Å². The number of phenols is 1. The molecule has 0 aromatic heterocycles. The molecule has 104 valence electrons. The van der Waals surface area contributed by atoms with Crippen LogP contribution < -0.4 is 0 Å². The molecule has 1 heterocycles. The van der Waals surface area contributed by atoms with Crippen molar-refractivity contribution in [3.8, 4) is 5.75 Å². The molecule has 0 saturated carbocycles. The van der Waals surface area contributed by atoms with E-state index in [1.165, 1.54) is 6.07 Å². The first-order valence-electron chi connectivity index (χ1n) is 6.54. The lowest BCUT2D eigenvalue weighted by Gasteiger charge is -2.25. The fraction of sp³-hybridized carbons (Fsp3) is 0.500. The Morgan fingerprint density at radius 2 is 2.26 bits per heavy atom. The molecule has 1 aromatic rings. The number of likely N-dealkylation sites (tertiary alicyclic amines) is 1. The quantitative estimate of drug-likeness (QED) is 0.893. The molecule has 1 aliphatic heterocycles. The van der Waals surface area contributed by atoms with Gasteiger partial charge in [0.2, 0.25) is 0 Å². The van der Waals surface area contributed by atoms with Crippen LogP contribution in [0, 0.1) is 0 Å². The van der Waals surface area contributed by atoms with Crippen molar-refractivity contribution in [1.29, 1.82) is 0 Å². The van der Waals surface area contributed by atoms with Gasteiger partial charge in [-0.05, 0) is 43.9 Å². The van der Waals surface area contributed by atoms with Crippen LogP contribution in [0.25, 0.3) is 0 Å². The number of aliphatic hydroxyl groups excluding tert-OH is 1. The number of aliphatic hydroxyl groups is 1. The van der Waals surface area contributed by atoms with Crippen molar-refractivity contribution in [1.82, 2.24) is 4.90 Å². The van der Waals surface area contributed by atoms with Crippen LogP contribution in [0.15, 0.2) is 22.7 Å². The summed E-state index contributed by atoms with van der Waals surface area (Å²) in [7, 11) is 0. The van der Waals surface area contributed by atoms with Gasteiger partial charge in [-0.2, -0.15) is 0 Å². The van der Waals surface area contributed by atoms with Gasteiger partial charge in [0.1, 0.15) is 5.75 Å². The SMILES string of the molecule is O=C(c1ccc(Br)cc1O)N1CCCC1CCCO. The highest BCUT2D eigenvalue weighted by Crippen LogP contribution is 2.28. The number of nitrogens with zero attached hydrogens (tertiary/aromatic N) is 1. The number of carbonyl (C=O) groups excluding carboxylic acids is 1. The molecule has 0 spiro atoms. The predicted molar refractivity (Wildman–Crippen MR) is 76.2 cm³/mol. The van der Waals surface area contributed by atoms with Crippen LogP contribution in [0.3, 0.4) is 0 Å². The number of halogens is 1. The Hall–Kier alpha value is -1.07. The molecular weight excluding hydrogens is 310 g/mol. The summed E-state index contributed by atoms with van der Waals surface area (Å²) in [4.78, 5) is 14.3. The number of aromatic hydroxyl groups is 1. The maximum Gasteiger partial charge on any atom is 0.257 e. The molecule has 0 radical (unpaired) electrons. The van der Waals surface area contributed by atoms with Crippen molar-refractivity contribution < 1.29 is 15.0 Å². The third-order valence-corrected chi connectivity index (χ3v) is 4.02. The molecule has 0 bridgehead atoms. The normalized spacial score (nSPS) is 18.8. The van der Waals surface area contributed by atoms with E-state index in [2.05, 4.69) is 15.9 Å². The second-order valence-corrected chi connectivity index (χ2v) is 5.74. The van der Waals surface area contributed by atoms with Crippen molar-refractivity contribution >= 4 is 21.8 Å². The highest BCUT2D eigenvalue weighted by atomic mass is 79.9. The number of phenolic OH excluding ortho intramolecular Hbond substituents is 1. The molecular formula is C14H18BrNO3. The maximum atomic E-state index is 12.4. The highest BCUT2D eigenvalue weighted by Gasteiger charge is 2.30. The number of carbonyl (C=O) groups is 1. The second kappa shape index (κ2) is 6.39. The third kappa shape index (κ3) is 3.28. The highest BCUT2D eigenvalue weighted by molar-refractivity contribution is 9.10. The summed E-state index contributed by atoms with van der Waals surface area (Å²) in [5, 5.41) is 18.8. The summed E-state index contributed by atoms with van der Waals surface area (Å²) >= 11 is 3.26. The van der Waals surface area contributed by atoms with E-state index in [9.17, 15) is 9.90 Å². The monoisotopic (exact) mass is 327 g/mol. The van der Waals surface area contributed by atoms with Crippen LogP contribution in [0.2, 0.25) is 0 Å². The molecule has 1 aromatic carbocycles. The standard InChI is InChI=1S/C14H18BrNO3/c15-10-5-6-12(13(18)9-10)14(19)16-7-1-3-11(16)4-2-8-17/h5-6,9,11,17-18H,1-4,7-8H2. The summed E-state index contributed by atoms with van der Waals surface area (Å²) in [6.07, 6.45) is 3.49. The van der Waals surface area contributed by atoms with Crippen LogP contribution in [0.1, 0.15) is 36.0 Å². The van der Waals surface area contributed by atoms with Crippen LogP contribution >= 0.6 is 15.9 Å². The van der Waals surface area contributed by atoms with Gasteiger partial charge in [-0.25, -0.2) is 0 Å². The molecule has 1 aliphatic rings. The Bertz CT molecular complexity index is 464. The van der Waals surface area contributed by atoms with E-state index in [1.54, 1.807) is 12.1 Å². The lowest BCUT2D eigenvalue weighted by molar-refractivity contribution is 0.0721. The predicted octanol–water partition coefficient (Wildman–Crippen LogP) is 2.53. The van der Waals surface area contributed by atoms with Gasteiger partial charge in [0.25, 0.3) is 5.91 Å². The minimum atomic E-state index is -0.120. The summed E-state index contributed by atoms with van der Waals surface area (Å²) < 4.78 is 0.750. The molecule has 5 heteroatoms. The van der Waals surface area contributed by atoms with Crippen molar-refractivity contribution in [3.05, 3.63) is 28.2 Å². The van der Waals surface area contributed by atoms with Crippen molar-refractivity contribution in [2.75, 3.05) is 13.2 Å². The Balaban J connectivity index is 2.13. The molecule has 0 aliphatic carbocycles. The summed E-state index contributed by atoms with van der Waals surface area (Å²) in [5.41, 5.74) is 0.346. The van der Waals surface area contributed by atoms with Gasteiger partial charge in [0.05, 0.1) is 5.56 Å². The maximum absolute atomic E-state index is 12.4. The second-order valence-electron chi connectivity index (χ2n) is 4.82. The molecule has 1 unspecified atom stereocenters. The molecule has 1 fully saturated rings. The van der Waals surface area contributed by atoms with Gasteiger partial charge in [0, 0.05) is 23.7 Å². The van der Waals surface area contributed by atoms with Gasteiger partial charge in [0.15, 0.2) is 0 Å². The van der Waals surface area contributed by atoms with Crippen LogP contribution in [-0.4, -0.2) is 40.2 Å². The zero-order chi connectivity index (χ0) is 13.8. The van der Waals surface area contributed by atoms with Gasteiger partial charge in [-0.15, -0.1) is 0 Å². The number of benzene rings is 1. The topological polar surface area (TPSA) is 60.8 Å². The van der Waals surface area contributed by atoms with Gasteiger partial charge in [-0.3, -0.25) is 4.79 Å². The minimum absolute atomic E-state index is 0.00665. The third-order valence-electron chi connectivity index (χ3n) is 3.52. The summed E-state index contributed by atoms with van der Waals surface area (Å²) in [5.74, 6) is -0.113. The lowest BCUT2D eigenvalue weighted by atomic mass is 10.1. The molecule has 1 atom stereocenters. The average molecular weight is 328 g/mol. The summed E-state index contributed by atoms with van der Waals surface area (Å²) in [6.45, 7) is 0.881. The van der Waals surface area contributed by atoms with Gasteiger partial charge in [-0.1, -0.05) is 15.9 Å². The number of amides is 1. The lowest BCUT2D eigenvalue weighted by Crippen LogP contribution is -2.35. The molecule has 2 rings (SSSR count). The Morgan fingerprint density at radius 1 is 1.47 bits per heavy atom. The Morgan fingerprint density at radius 3 is 2.95 bits per heavy atom. The molecule has 19 heavy (non-hydrogen) atoms. The van der Waals surface area contributed by atoms with E-state index in [1.807, 2.05) is 4.90 Å². The molecule has 4 nitrogen and oxygen atoms in total. The van der Waals surface area contributed by atoms with E-state index in [-0.39, 0.29) is 24.3 Å². The van der Waals surface area contributed by atoms with E-state index >= 15 is 0 Å². The first-order chi connectivity index (χ1) is 9.13. The number of rotatable bonds is 4. The van der Waals surface area contributed by atoms with Crippen molar-refractivity contribution in [2.24, 2.45) is 0 Å². The number of hydrogen-bond acceptors (Lipinski definition) is 3. The minimum Gasteiger partial charge on any atom is -0.507 e. The van der Waals surface area contributed by atoms with E-state index in [4.69, 9.17) is 5.11 Å². The van der Waals surface area contributed by atoms with Crippen LogP contribution in [0.4, 0.5) is 0 Å². The van der Waals surface area contributed by atoms with E-state index < -0.39 is 0 Å².